The number of carbonyl (C=O) groups is 2. The van der Waals surface area contributed by atoms with Gasteiger partial charge in [0.25, 0.3) is 5.91 Å². The zero-order valence-corrected chi connectivity index (χ0v) is 15.7. The molecule has 7 nitrogen and oxygen atoms in total. The van der Waals surface area contributed by atoms with Crippen molar-refractivity contribution in [1.82, 2.24) is 19.9 Å². The minimum absolute atomic E-state index is 0.0527. The molecule has 0 spiro atoms. The van der Waals surface area contributed by atoms with Crippen LogP contribution in [0.1, 0.15) is 29.8 Å². The van der Waals surface area contributed by atoms with Gasteiger partial charge in [-0.1, -0.05) is 26.0 Å². The van der Waals surface area contributed by atoms with Crippen molar-refractivity contribution in [3.05, 3.63) is 54.0 Å². The van der Waals surface area contributed by atoms with Crippen LogP contribution in [0.15, 0.2) is 42.9 Å². The summed E-state index contributed by atoms with van der Waals surface area (Å²) in [4.78, 5) is 32.7. The van der Waals surface area contributed by atoms with E-state index in [-0.39, 0.29) is 11.8 Å². The third-order valence-electron chi connectivity index (χ3n) is 4.13. The Morgan fingerprint density at radius 1 is 1.15 bits per heavy atom. The molecule has 1 aromatic carbocycles. The summed E-state index contributed by atoms with van der Waals surface area (Å²) >= 11 is 0. The van der Waals surface area contributed by atoms with E-state index in [0.717, 1.165) is 17.8 Å². The maximum atomic E-state index is 12.5. The number of nitrogens with zero attached hydrogens (tertiary/aromatic N) is 3. The molecule has 0 atom stereocenters. The summed E-state index contributed by atoms with van der Waals surface area (Å²) in [5.74, 6) is 0.184. The Morgan fingerprint density at radius 2 is 1.89 bits per heavy atom. The molecule has 0 bridgehead atoms. The van der Waals surface area contributed by atoms with E-state index >= 15 is 0 Å². The Morgan fingerprint density at radius 3 is 2.56 bits per heavy atom. The van der Waals surface area contributed by atoms with Gasteiger partial charge in [-0.3, -0.25) is 9.59 Å². The number of benzene rings is 1. The first kappa shape index (κ1) is 18.6. The standard InChI is InChI=1S/C20H23N5O2/c1-13(2)11-25-12-23-17-9-15(10-22-19(17)25)20(27)24-16-6-4-14(5-7-16)8-18(26)21-3/h4-7,9-10,12-13H,8,11H2,1-3H3,(H,21,26)(H,24,27). The van der Waals surface area contributed by atoms with E-state index in [4.69, 9.17) is 0 Å². The molecule has 27 heavy (non-hydrogen) atoms. The quantitative estimate of drug-likeness (QED) is 0.703. The average molecular weight is 365 g/mol. The van der Waals surface area contributed by atoms with Crippen LogP contribution in [0.3, 0.4) is 0 Å². The second-order valence-electron chi connectivity index (χ2n) is 6.86. The highest BCUT2D eigenvalue weighted by atomic mass is 16.2. The summed E-state index contributed by atoms with van der Waals surface area (Å²) in [6.45, 7) is 5.10. The largest absolute Gasteiger partial charge is 0.359 e. The van der Waals surface area contributed by atoms with E-state index in [1.54, 1.807) is 37.8 Å². The molecule has 2 aromatic heterocycles. The molecule has 3 aromatic rings. The lowest BCUT2D eigenvalue weighted by Gasteiger charge is -2.08. The van der Waals surface area contributed by atoms with E-state index in [1.165, 1.54) is 0 Å². The number of amides is 2. The van der Waals surface area contributed by atoms with Crippen molar-refractivity contribution in [2.75, 3.05) is 12.4 Å². The van der Waals surface area contributed by atoms with Crippen molar-refractivity contribution >= 4 is 28.7 Å². The highest BCUT2D eigenvalue weighted by Crippen LogP contribution is 2.16. The number of hydrogen-bond donors (Lipinski definition) is 2. The van der Waals surface area contributed by atoms with Gasteiger partial charge >= 0.3 is 0 Å². The van der Waals surface area contributed by atoms with Crippen LogP contribution in [0.4, 0.5) is 5.69 Å². The lowest BCUT2D eigenvalue weighted by atomic mass is 10.1. The molecular formula is C20H23N5O2. The molecule has 2 amide bonds. The highest BCUT2D eigenvalue weighted by Gasteiger charge is 2.12. The maximum absolute atomic E-state index is 12.5. The first-order chi connectivity index (χ1) is 13.0. The van der Waals surface area contributed by atoms with E-state index in [2.05, 4.69) is 34.4 Å². The third-order valence-corrected chi connectivity index (χ3v) is 4.13. The molecule has 2 N–H and O–H groups in total. The van der Waals surface area contributed by atoms with Crippen LogP contribution in [0.25, 0.3) is 11.2 Å². The van der Waals surface area contributed by atoms with Crippen molar-refractivity contribution in [1.29, 1.82) is 0 Å². The van der Waals surface area contributed by atoms with Gasteiger partial charge in [0.05, 0.1) is 18.3 Å². The van der Waals surface area contributed by atoms with Crippen molar-refractivity contribution in [3.8, 4) is 0 Å². The molecule has 0 aliphatic carbocycles. The SMILES string of the molecule is CNC(=O)Cc1ccc(NC(=O)c2cnc3c(c2)ncn3CC(C)C)cc1. The number of pyridine rings is 1. The number of carbonyl (C=O) groups excluding carboxylic acids is 2. The van der Waals surface area contributed by atoms with Gasteiger partial charge in [0.1, 0.15) is 5.52 Å². The van der Waals surface area contributed by atoms with Gasteiger partial charge in [-0.15, -0.1) is 0 Å². The van der Waals surface area contributed by atoms with Gasteiger partial charge in [0.2, 0.25) is 5.91 Å². The second-order valence-corrected chi connectivity index (χ2v) is 6.86. The fourth-order valence-corrected chi connectivity index (χ4v) is 2.78. The third kappa shape index (κ3) is 4.49. The zero-order valence-electron chi connectivity index (χ0n) is 15.7. The van der Waals surface area contributed by atoms with Gasteiger partial charge in [-0.05, 0) is 29.7 Å². The summed E-state index contributed by atoms with van der Waals surface area (Å²) in [5, 5.41) is 5.43. The summed E-state index contributed by atoms with van der Waals surface area (Å²) in [7, 11) is 1.60. The number of aromatic nitrogens is 3. The molecule has 7 heteroatoms. The molecule has 0 aliphatic rings. The van der Waals surface area contributed by atoms with E-state index < -0.39 is 0 Å². The fourth-order valence-electron chi connectivity index (χ4n) is 2.78. The molecule has 0 unspecified atom stereocenters. The van der Waals surface area contributed by atoms with Crippen LogP contribution >= 0.6 is 0 Å². The lowest BCUT2D eigenvalue weighted by molar-refractivity contribution is -0.119. The maximum Gasteiger partial charge on any atom is 0.257 e. The molecular weight excluding hydrogens is 342 g/mol. The number of likely N-dealkylation sites (N-methyl/N-ethyl adjacent to an activating group) is 1. The summed E-state index contributed by atoms with van der Waals surface area (Å²) < 4.78 is 1.99. The van der Waals surface area contributed by atoms with Crippen LogP contribution in [0, 0.1) is 5.92 Å². The highest BCUT2D eigenvalue weighted by molar-refractivity contribution is 6.05. The lowest BCUT2D eigenvalue weighted by Crippen LogP contribution is -2.19. The van der Waals surface area contributed by atoms with E-state index in [9.17, 15) is 9.59 Å². The first-order valence-corrected chi connectivity index (χ1v) is 8.88. The Balaban J connectivity index is 1.71. The van der Waals surface area contributed by atoms with E-state index in [1.807, 2.05) is 16.7 Å². The first-order valence-electron chi connectivity index (χ1n) is 8.88. The summed E-state index contributed by atoms with van der Waals surface area (Å²) in [6.07, 6.45) is 3.63. The van der Waals surface area contributed by atoms with Gasteiger partial charge in [0.15, 0.2) is 5.65 Å². The van der Waals surface area contributed by atoms with Crippen molar-refractivity contribution < 1.29 is 9.59 Å². The number of fused-ring (bicyclic) bond motifs is 1. The van der Waals surface area contributed by atoms with Gasteiger partial charge in [0, 0.05) is 25.5 Å². The minimum atomic E-state index is -0.248. The topological polar surface area (TPSA) is 88.9 Å². The van der Waals surface area contributed by atoms with Crippen LogP contribution in [-0.2, 0) is 17.8 Å². The number of nitrogens with one attached hydrogen (secondary N) is 2. The monoisotopic (exact) mass is 365 g/mol. The van der Waals surface area contributed by atoms with Gasteiger partial charge < -0.3 is 15.2 Å². The zero-order chi connectivity index (χ0) is 19.4. The molecule has 3 rings (SSSR count). The summed E-state index contributed by atoms with van der Waals surface area (Å²) in [5.41, 5.74) is 3.46. The van der Waals surface area contributed by atoms with Crippen LogP contribution < -0.4 is 10.6 Å². The van der Waals surface area contributed by atoms with Crippen LogP contribution in [0.5, 0.6) is 0 Å². The molecule has 2 heterocycles. The van der Waals surface area contributed by atoms with Gasteiger partial charge in [-0.25, -0.2) is 9.97 Å². The Hall–Kier alpha value is -3.22. The molecule has 0 aliphatic heterocycles. The fraction of sp³-hybridized carbons (Fsp3) is 0.300. The number of anilines is 1. The molecule has 0 saturated heterocycles. The van der Waals surface area contributed by atoms with Gasteiger partial charge in [-0.2, -0.15) is 0 Å². The smallest absolute Gasteiger partial charge is 0.257 e. The average Bonchev–Trinajstić information content (AvgIpc) is 3.04. The van der Waals surface area contributed by atoms with Crippen LogP contribution in [-0.4, -0.2) is 33.4 Å². The molecule has 0 radical (unpaired) electrons. The number of imidazole rings is 1. The molecule has 0 saturated carbocycles. The Kier molecular flexibility index (Phi) is 5.49. The van der Waals surface area contributed by atoms with E-state index in [0.29, 0.717) is 29.1 Å². The predicted molar refractivity (Wildman–Crippen MR) is 105 cm³/mol. The van der Waals surface area contributed by atoms with Crippen molar-refractivity contribution in [3.63, 3.8) is 0 Å². The van der Waals surface area contributed by atoms with Crippen LogP contribution in [0.2, 0.25) is 0 Å². The van der Waals surface area contributed by atoms with Crippen molar-refractivity contribution in [2.24, 2.45) is 5.92 Å². The van der Waals surface area contributed by atoms with Crippen molar-refractivity contribution in [2.45, 2.75) is 26.8 Å². The normalized spacial score (nSPS) is 11.0. The number of hydrogen-bond acceptors (Lipinski definition) is 4. The molecule has 140 valence electrons. The minimum Gasteiger partial charge on any atom is -0.359 e. The number of rotatable bonds is 6. The predicted octanol–water partition coefficient (Wildman–Crippen LogP) is 2.63. The Bertz CT molecular complexity index is 960. The Labute approximate surface area is 157 Å². The second kappa shape index (κ2) is 7.99. The summed E-state index contributed by atoms with van der Waals surface area (Å²) in [6, 6.07) is 8.94. The molecule has 0 fully saturated rings.